The second-order valence-corrected chi connectivity index (χ2v) is 7.62. The first kappa shape index (κ1) is 23.4. The third-order valence-electron chi connectivity index (χ3n) is 5.35. The molecule has 0 aliphatic carbocycles. The summed E-state index contributed by atoms with van der Waals surface area (Å²) in [5.41, 5.74) is 5.54. The molecule has 3 aromatic carbocycles. The molecule has 3 heteroatoms. The minimum atomic E-state index is -0.0222. The lowest BCUT2D eigenvalue weighted by atomic mass is 9.98. The second-order valence-electron chi connectivity index (χ2n) is 7.62. The van der Waals surface area contributed by atoms with Gasteiger partial charge in [-0.1, -0.05) is 66.8 Å². The molecule has 3 rings (SSSR count). The summed E-state index contributed by atoms with van der Waals surface area (Å²) in [6.45, 7) is 4.93. The van der Waals surface area contributed by atoms with Gasteiger partial charge in [-0.05, 0) is 68.4 Å². The summed E-state index contributed by atoms with van der Waals surface area (Å²) in [5, 5.41) is 3.24. The van der Waals surface area contributed by atoms with Crippen LogP contribution in [0.2, 0.25) is 0 Å². The average Bonchev–Trinajstić information content (AvgIpc) is 2.83. The molecule has 1 atom stereocenters. The van der Waals surface area contributed by atoms with Crippen LogP contribution in [0.15, 0.2) is 78.9 Å². The van der Waals surface area contributed by atoms with E-state index in [0.29, 0.717) is 0 Å². The Morgan fingerprint density at radius 2 is 1.62 bits per heavy atom. The van der Waals surface area contributed by atoms with E-state index in [4.69, 9.17) is 9.47 Å². The molecule has 0 fully saturated rings. The van der Waals surface area contributed by atoms with Gasteiger partial charge >= 0.3 is 0 Å². The van der Waals surface area contributed by atoms with Gasteiger partial charge in [0.1, 0.15) is 17.6 Å². The summed E-state index contributed by atoms with van der Waals surface area (Å²) < 4.78 is 12.2. The third kappa shape index (κ3) is 5.89. The van der Waals surface area contributed by atoms with Crippen LogP contribution in [-0.2, 0) is 0 Å². The number of hydrogen-bond donors (Lipinski definition) is 1. The van der Waals surface area contributed by atoms with Gasteiger partial charge in [0.05, 0.1) is 7.11 Å². The van der Waals surface area contributed by atoms with Crippen molar-refractivity contribution in [2.75, 3.05) is 20.7 Å². The van der Waals surface area contributed by atoms with Crippen LogP contribution >= 0.6 is 0 Å². The molecule has 1 unspecified atom stereocenters. The van der Waals surface area contributed by atoms with Gasteiger partial charge in [0.15, 0.2) is 0 Å². The normalized spacial score (nSPS) is 12.4. The molecule has 3 aromatic rings. The molecular weight excluding hydrogens is 394 g/mol. The third-order valence-corrected chi connectivity index (χ3v) is 5.35. The molecule has 0 bridgehead atoms. The lowest BCUT2D eigenvalue weighted by Gasteiger charge is -2.22. The largest absolute Gasteiger partial charge is 0.496 e. The Hall–Kier alpha value is -3.30. The molecule has 0 saturated carbocycles. The number of allylic oxidation sites excluding steroid dienone is 2. The predicted molar refractivity (Wildman–Crippen MR) is 136 cm³/mol. The molecule has 0 amide bonds. The van der Waals surface area contributed by atoms with Crippen LogP contribution < -0.4 is 14.8 Å². The van der Waals surface area contributed by atoms with Gasteiger partial charge in [-0.2, -0.15) is 0 Å². The standard InChI is InChI=1S/C29H33NO2/c1-5-10-22-14-16-29(31-4)26(20-22)24-15-17-27(25(21-24)11-6-2)32-28(18-19-30-3)23-12-8-7-9-13-23/h5-17,20-21,28,30H,18-19H2,1-4H3/b10-5-,11-6-. The summed E-state index contributed by atoms with van der Waals surface area (Å²) in [5.74, 6) is 1.73. The molecule has 0 aliphatic rings. The lowest BCUT2D eigenvalue weighted by Crippen LogP contribution is -2.16. The van der Waals surface area contributed by atoms with E-state index in [1.165, 1.54) is 5.56 Å². The van der Waals surface area contributed by atoms with E-state index in [0.717, 1.165) is 46.7 Å². The molecule has 3 nitrogen and oxygen atoms in total. The molecule has 0 radical (unpaired) electrons. The maximum absolute atomic E-state index is 6.56. The smallest absolute Gasteiger partial charge is 0.127 e. The molecule has 0 spiro atoms. The fourth-order valence-corrected chi connectivity index (χ4v) is 3.77. The second kappa shape index (κ2) is 11.9. The van der Waals surface area contributed by atoms with E-state index < -0.39 is 0 Å². The van der Waals surface area contributed by atoms with Crippen molar-refractivity contribution in [2.45, 2.75) is 26.4 Å². The van der Waals surface area contributed by atoms with Crippen LogP contribution in [0.3, 0.4) is 0 Å². The Labute approximate surface area is 192 Å². The first-order chi connectivity index (χ1) is 15.7. The monoisotopic (exact) mass is 427 g/mol. The van der Waals surface area contributed by atoms with Gasteiger partial charge in [-0.25, -0.2) is 0 Å². The molecule has 1 N–H and O–H groups in total. The molecule has 32 heavy (non-hydrogen) atoms. The van der Waals surface area contributed by atoms with Crippen molar-refractivity contribution in [3.8, 4) is 22.6 Å². The highest BCUT2D eigenvalue weighted by atomic mass is 16.5. The number of ether oxygens (including phenoxy) is 2. The summed E-state index contributed by atoms with van der Waals surface area (Å²) in [6.07, 6.45) is 9.15. The lowest BCUT2D eigenvalue weighted by molar-refractivity contribution is 0.194. The summed E-state index contributed by atoms with van der Waals surface area (Å²) in [6, 6.07) is 23.0. The Kier molecular flexibility index (Phi) is 8.70. The average molecular weight is 428 g/mol. The maximum Gasteiger partial charge on any atom is 0.127 e. The quantitative estimate of drug-likeness (QED) is 0.372. The highest BCUT2D eigenvalue weighted by Crippen LogP contribution is 2.36. The van der Waals surface area contributed by atoms with Crippen molar-refractivity contribution in [2.24, 2.45) is 0 Å². The van der Waals surface area contributed by atoms with Gasteiger partial charge in [0.2, 0.25) is 0 Å². The van der Waals surface area contributed by atoms with E-state index in [1.54, 1.807) is 7.11 Å². The van der Waals surface area contributed by atoms with E-state index in [9.17, 15) is 0 Å². The van der Waals surface area contributed by atoms with Gasteiger partial charge in [-0.3, -0.25) is 0 Å². The Morgan fingerprint density at radius 3 is 2.31 bits per heavy atom. The topological polar surface area (TPSA) is 30.5 Å². The van der Waals surface area contributed by atoms with E-state index in [-0.39, 0.29) is 6.10 Å². The van der Waals surface area contributed by atoms with Crippen molar-refractivity contribution >= 4 is 12.2 Å². The molecular formula is C29H33NO2. The number of hydrogen-bond acceptors (Lipinski definition) is 3. The number of rotatable bonds is 10. The van der Waals surface area contributed by atoms with Gasteiger partial charge in [-0.15, -0.1) is 0 Å². The SMILES string of the molecule is C/C=C\c1ccc(OC)c(-c2ccc(OC(CCNC)c3ccccc3)c(/C=C\C)c2)c1. The molecule has 0 saturated heterocycles. The molecule has 0 heterocycles. The predicted octanol–water partition coefficient (Wildman–Crippen LogP) is 7.16. The van der Waals surface area contributed by atoms with Crippen molar-refractivity contribution < 1.29 is 9.47 Å². The minimum Gasteiger partial charge on any atom is -0.496 e. The van der Waals surface area contributed by atoms with Crippen LogP contribution in [0, 0.1) is 0 Å². The van der Waals surface area contributed by atoms with Crippen LogP contribution in [-0.4, -0.2) is 20.7 Å². The Bertz CT molecular complexity index is 1050. The van der Waals surface area contributed by atoms with Crippen LogP contribution in [0.25, 0.3) is 23.3 Å². The zero-order chi connectivity index (χ0) is 22.8. The van der Waals surface area contributed by atoms with Gasteiger partial charge < -0.3 is 14.8 Å². The maximum atomic E-state index is 6.56. The molecule has 0 aromatic heterocycles. The summed E-state index contributed by atoms with van der Waals surface area (Å²) in [7, 11) is 3.68. The van der Waals surface area contributed by atoms with E-state index in [1.807, 2.05) is 45.2 Å². The van der Waals surface area contributed by atoms with Crippen molar-refractivity contribution in [3.05, 3.63) is 95.6 Å². The van der Waals surface area contributed by atoms with Crippen LogP contribution in [0.5, 0.6) is 11.5 Å². The minimum absolute atomic E-state index is 0.0222. The van der Waals surface area contributed by atoms with Crippen molar-refractivity contribution in [3.63, 3.8) is 0 Å². The van der Waals surface area contributed by atoms with E-state index in [2.05, 4.69) is 72.1 Å². The van der Waals surface area contributed by atoms with Crippen LogP contribution in [0.4, 0.5) is 0 Å². The van der Waals surface area contributed by atoms with Gasteiger partial charge in [0, 0.05) is 17.5 Å². The highest BCUT2D eigenvalue weighted by molar-refractivity contribution is 5.77. The first-order valence-electron chi connectivity index (χ1n) is 11.1. The van der Waals surface area contributed by atoms with E-state index >= 15 is 0 Å². The molecule has 166 valence electrons. The fourth-order valence-electron chi connectivity index (χ4n) is 3.77. The number of nitrogens with one attached hydrogen (secondary N) is 1. The number of benzene rings is 3. The Balaban J connectivity index is 2.00. The zero-order valence-electron chi connectivity index (χ0n) is 19.5. The zero-order valence-corrected chi connectivity index (χ0v) is 19.5. The summed E-state index contributed by atoms with van der Waals surface area (Å²) >= 11 is 0. The molecule has 0 aliphatic heterocycles. The highest BCUT2D eigenvalue weighted by Gasteiger charge is 2.16. The van der Waals surface area contributed by atoms with Gasteiger partial charge in [0.25, 0.3) is 0 Å². The summed E-state index contributed by atoms with van der Waals surface area (Å²) in [4.78, 5) is 0. The van der Waals surface area contributed by atoms with Crippen LogP contribution in [0.1, 0.15) is 43.1 Å². The van der Waals surface area contributed by atoms with Crippen molar-refractivity contribution in [1.29, 1.82) is 0 Å². The fraction of sp³-hybridized carbons (Fsp3) is 0.241. The Morgan fingerprint density at radius 1 is 0.875 bits per heavy atom. The number of methoxy groups -OCH3 is 1. The van der Waals surface area contributed by atoms with Crippen molar-refractivity contribution in [1.82, 2.24) is 5.32 Å². The first-order valence-corrected chi connectivity index (χ1v) is 11.1.